The number of benzene rings is 1. The molecule has 0 radical (unpaired) electrons. The molecule has 0 heterocycles. The lowest BCUT2D eigenvalue weighted by atomic mass is 9.79. The van der Waals surface area contributed by atoms with Crippen LogP contribution < -0.4 is 10.5 Å². The van der Waals surface area contributed by atoms with E-state index in [0.717, 1.165) is 25.3 Å². The van der Waals surface area contributed by atoms with Crippen molar-refractivity contribution in [3.05, 3.63) is 22.4 Å². The summed E-state index contributed by atoms with van der Waals surface area (Å²) in [4.78, 5) is -0.402. The van der Waals surface area contributed by atoms with E-state index in [1.54, 1.807) is 0 Å². The predicted octanol–water partition coefficient (Wildman–Crippen LogP) is 3.27. The van der Waals surface area contributed by atoms with Crippen molar-refractivity contribution in [1.29, 1.82) is 0 Å². The highest BCUT2D eigenvalue weighted by Gasteiger charge is 2.30. The van der Waals surface area contributed by atoms with Crippen LogP contribution in [0.5, 0.6) is 0 Å². The Morgan fingerprint density at radius 3 is 2.57 bits per heavy atom. The van der Waals surface area contributed by atoms with Crippen molar-refractivity contribution in [3.8, 4) is 0 Å². The zero-order chi connectivity index (χ0) is 15.8. The van der Waals surface area contributed by atoms with E-state index in [9.17, 15) is 12.8 Å². The Kier molecular flexibility index (Phi) is 4.95. The molecule has 21 heavy (non-hydrogen) atoms. The van der Waals surface area contributed by atoms with Gasteiger partial charge in [0.1, 0.15) is 4.90 Å². The number of sulfonamides is 1. The number of rotatable bonds is 3. The first-order valence-electron chi connectivity index (χ1n) is 6.97. The molecule has 0 spiro atoms. The molecule has 7 heteroatoms. The summed E-state index contributed by atoms with van der Waals surface area (Å²) >= 11 is 2.98. The number of halogens is 2. The Morgan fingerprint density at radius 2 is 1.95 bits per heavy atom. The first-order chi connectivity index (χ1) is 9.70. The molecule has 0 saturated heterocycles. The van der Waals surface area contributed by atoms with E-state index in [-0.39, 0.29) is 16.2 Å². The van der Waals surface area contributed by atoms with Crippen molar-refractivity contribution in [2.45, 2.75) is 44.0 Å². The maximum absolute atomic E-state index is 14.0. The minimum absolute atomic E-state index is 0.0495. The number of nitrogens with two attached hydrogens (primary N) is 1. The zero-order valence-electron chi connectivity index (χ0n) is 12.1. The average Bonchev–Trinajstić information content (AvgIpc) is 2.37. The third-order valence-corrected chi connectivity index (χ3v) is 6.32. The van der Waals surface area contributed by atoms with E-state index in [0.29, 0.717) is 11.8 Å². The molecule has 1 saturated carbocycles. The summed E-state index contributed by atoms with van der Waals surface area (Å²) in [6, 6.07) is 2.34. The van der Waals surface area contributed by atoms with Crippen LogP contribution in [-0.2, 0) is 10.0 Å². The number of hydrogen-bond acceptors (Lipinski definition) is 3. The van der Waals surface area contributed by atoms with Crippen LogP contribution in [0.25, 0.3) is 0 Å². The maximum Gasteiger partial charge on any atom is 0.243 e. The van der Waals surface area contributed by atoms with Gasteiger partial charge in [0.25, 0.3) is 0 Å². The van der Waals surface area contributed by atoms with Crippen LogP contribution >= 0.6 is 15.9 Å². The number of nitrogen functional groups attached to an aromatic ring is 1. The second kappa shape index (κ2) is 6.22. The van der Waals surface area contributed by atoms with Gasteiger partial charge in [0.2, 0.25) is 10.0 Å². The Morgan fingerprint density at radius 1 is 1.29 bits per heavy atom. The van der Waals surface area contributed by atoms with Gasteiger partial charge in [-0.3, -0.25) is 0 Å². The van der Waals surface area contributed by atoms with Crippen LogP contribution in [0.3, 0.4) is 0 Å². The minimum atomic E-state index is -3.91. The third kappa shape index (κ3) is 3.76. The first-order valence-corrected chi connectivity index (χ1v) is 9.25. The van der Waals surface area contributed by atoms with Gasteiger partial charge < -0.3 is 5.73 Å². The first kappa shape index (κ1) is 16.7. The average molecular weight is 379 g/mol. The summed E-state index contributed by atoms with van der Waals surface area (Å²) in [6.45, 7) is 4.28. The minimum Gasteiger partial charge on any atom is -0.399 e. The van der Waals surface area contributed by atoms with Crippen molar-refractivity contribution in [1.82, 2.24) is 4.72 Å². The molecular formula is C14H20BrFN2O2S. The normalized spacial score (nSPS) is 26.8. The summed E-state index contributed by atoms with van der Waals surface area (Å²) in [5, 5.41) is 0. The number of nitrogens with one attached hydrogen (secondary N) is 1. The molecule has 3 unspecified atom stereocenters. The summed E-state index contributed by atoms with van der Waals surface area (Å²) in [7, 11) is -3.91. The highest BCUT2D eigenvalue weighted by atomic mass is 79.9. The fourth-order valence-electron chi connectivity index (χ4n) is 2.72. The van der Waals surface area contributed by atoms with E-state index in [1.807, 2.05) is 0 Å². The quantitative estimate of drug-likeness (QED) is 0.792. The number of anilines is 1. The van der Waals surface area contributed by atoms with Gasteiger partial charge in [-0.2, -0.15) is 0 Å². The molecule has 1 aromatic carbocycles. The van der Waals surface area contributed by atoms with Gasteiger partial charge in [0.15, 0.2) is 5.82 Å². The van der Waals surface area contributed by atoms with Gasteiger partial charge >= 0.3 is 0 Å². The number of hydrogen-bond donors (Lipinski definition) is 2. The smallest absolute Gasteiger partial charge is 0.243 e. The van der Waals surface area contributed by atoms with E-state index < -0.39 is 20.7 Å². The van der Waals surface area contributed by atoms with Gasteiger partial charge in [0, 0.05) is 11.7 Å². The molecule has 0 aromatic heterocycles. The Labute approximate surface area is 133 Å². The third-order valence-electron chi connectivity index (χ3n) is 4.23. The SMILES string of the molecule is CC1CCC(NS(=O)(=O)c2cc(N)cc(Br)c2F)CC1C. The molecule has 118 valence electrons. The van der Waals surface area contributed by atoms with Gasteiger partial charge in [-0.25, -0.2) is 17.5 Å². The molecule has 0 amide bonds. The lowest BCUT2D eigenvalue weighted by molar-refractivity contribution is 0.241. The van der Waals surface area contributed by atoms with E-state index >= 15 is 0 Å². The second-order valence-corrected chi connectivity index (χ2v) is 8.44. The van der Waals surface area contributed by atoms with Crippen molar-refractivity contribution >= 4 is 31.6 Å². The lowest BCUT2D eigenvalue weighted by Gasteiger charge is -2.32. The summed E-state index contributed by atoms with van der Waals surface area (Å²) in [6.07, 6.45) is 2.51. The molecule has 1 aliphatic carbocycles. The van der Waals surface area contributed by atoms with Crippen molar-refractivity contribution in [3.63, 3.8) is 0 Å². The highest BCUT2D eigenvalue weighted by Crippen LogP contribution is 2.31. The van der Waals surface area contributed by atoms with Crippen LogP contribution in [0, 0.1) is 17.7 Å². The highest BCUT2D eigenvalue weighted by molar-refractivity contribution is 9.10. The summed E-state index contributed by atoms with van der Waals surface area (Å²) < 4.78 is 41.5. The van der Waals surface area contributed by atoms with Crippen LogP contribution in [0.15, 0.2) is 21.5 Å². The molecule has 4 nitrogen and oxygen atoms in total. The van der Waals surface area contributed by atoms with Crippen LogP contribution in [0.2, 0.25) is 0 Å². The molecule has 3 atom stereocenters. The van der Waals surface area contributed by atoms with Crippen molar-refractivity contribution < 1.29 is 12.8 Å². The molecule has 1 fully saturated rings. The largest absolute Gasteiger partial charge is 0.399 e. The Bertz CT molecular complexity index is 636. The summed E-state index contributed by atoms with van der Waals surface area (Å²) in [5.41, 5.74) is 5.81. The molecule has 1 aliphatic rings. The van der Waals surface area contributed by atoms with Gasteiger partial charge in [-0.05, 0) is 59.2 Å². The monoisotopic (exact) mass is 378 g/mol. The molecular weight excluding hydrogens is 359 g/mol. The maximum atomic E-state index is 14.0. The molecule has 0 bridgehead atoms. The predicted molar refractivity (Wildman–Crippen MR) is 84.8 cm³/mol. The second-order valence-electron chi connectivity index (χ2n) is 5.90. The van der Waals surface area contributed by atoms with Crippen LogP contribution in [0.4, 0.5) is 10.1 Å². The fourth-order valence-corrected chi connectivity index (χ4v) is 4.74. The van der Waals surface area contributed by atoms with Gasteiger partial charge in [-0.1, -0.05) is 13.8 Å². The standard InChI is InChI=1S/C14H20BrFN2O2S/c1-8-3-4-11(5-9(8)2)18-21(19,20)13-7-10(17)6-12(15)14(13)16/h6-9,11,18H,3-5,17H2,1-2H3. The topological polar surface area (TPSA) is 72.2 Å². The lowest BCUT2D eigenvalue weighted by Crippen LogP contribution is -2.40. The van der Waals surface area contributed by atoms with Gasteiger partial charge in [0.05, 0.1) is 4.47 Å². The Hall–Kier alpha value is -0.660. The Balaban J connectivity index is 2.23. The zero-order valence-corrected chi connectivity index (χ0v) is 14.5. The van der Waals surface area contributed by atoms with Crippen molar-refractivity contribution in [2.24, 2.45) is 11.8 Å². The van der Waals surface area contributed by atoms with Gasteiger partial charge in [-0.15, -0.1) is 0 Å². The molecule has 1 aromatic rings. The van der Waals surface area contributed by atoms with Crippen LogP contribution in [0.1, 0.15) is 33.1 Å². The van der Waals surface area contributed by atoms with E-state index in [1.165, 1.54) is 6.07 Å². The summed E-state index contributed by atoms with van der Waals surface area (Å²) in [5.74, 6) is 0.224. The molecule has 2 rings (SSSR count). The van der Waals surface area contributed by atoms with Crippen LogP contribution in [-0.4, -0.2) is 14.5 Å². The molecule has 3 N–H and O–H groups in total. The van der Waals surface area contributed by atoms with Crippen molar-refractivity contribution in [2.75, 3.05) is 5.73 Å². The van der Waals surface area contributed by atoms with E-state index in [2.05, 4.69) is 34.5 Å². The fraction of sp³-hybridized carbons (Fsp3) is 0.571. The van der Waals surface area contributed by atoms with E-state index in [4.69, 9.17) is 5.73 Å². The molecule has 0 aliphatic heterocycles.